The molecule has 0 aromatic heterocycles. The molecule has 1 aliphatic heterocycles. The number of hydrogen-bond donors (Lipinski definition) is 3. The first kappa shape index (κ1) is 18.7. The Bertz CT molecular complexity index is 971. The zero-order valence-corrected chi connectivity index (χ0v) is 15.9. The van der Waals surface area contributed by atoms with Gasteiger partial charge >= 0.3 is 6.03 Å². The maximum Gasteiger partial charge on any atom is 0.329 e. The summed E-state index contributed by atoms with van der Waals surface area (Å²) in [6.45, 7) is 1.43. The Morgan fingerprint density at radius 1 is 1.26 bits per heavy atom. The Labute approximate surface area is 163 Å². The molecule has 4 amide bonds. The van der Waals surface area contributed by atoms with Crippen LogP contribution in [0.15, 0.2) is 52.6 Å². The SMILES string of the molecule is Cc1ccccc1NC(=O)CN1C(=O)N/C(=C\c2cc(Br)ccc2O)C1=O. The summed E-state index contributed by atoms with van der Waals surface area (Å²) in [6, 6.07) is 11.2. The van der Waals surface area contributed by atoms with Gasteiger partial charge in [0, 0.05) is 15.7 Å². The van der Waals surface area contributed by atoms with Crippen LogP contribution in [0.3, 0.4) is 0 Å². The predicted molar refractivity (Wildman–Crippen MR) is 104 cm³/mol. The lowest BCUT2D eigenvalue weighted by Crippen LogP contribution is -2.38. The Morgan fingerprint density at radius 2 is 2.00 bits per heavy atom. The first-order chi connectivity index (χ1) is 12.8. The fourth-order valence-electron chi connectivity index (χ4n) is 2.56. The van der Waals surface area contributed by atoms with Gasteiger partial charge in [0.15, 0.2) is 0 Å². The molecule has 138 valence electrons. The van der Waals surface area contributed by atoms with Gasteiger partial charge in [0.25, 0.3) is 5.91 Å². The smallest absolute Gasteiger partial charge is 0.329 e. The van der Waals surface area contributed by atoms with Crippen LogP contribution >= 0.6 is 15.9 Å². The standard InChI is InChI=1S/C19H16BrN3O4/c1-11-4-2-3-5-14(11)21-17(25)10-23-18(26)15(22-19(23)27)9-12-8-13(20)6-7-16(12)24/h2-9,24H,10H2,1H3,(H,21,25)(H,22,27)/b15-9-. The van der Waals surface area contributed by atoms with Gasteiger partial charge in [-0.3, -0.25) is 9.59 Å². The van der Waals surface area contributed by atoms with E-state index in [2.05, 4.69) is 26.6 Å². The third-order valence-corrected chi connectivity index (χ3v) is 4.47. The number of urea groups is 1. The van der Waals surface area contributed by atoms with Crippen LogP contribution in [0.4, 0.5) is 10.5 Å². The zero-order chi connectivity index (χ0) is 19.6. The first-order valence-electron chi connectivity index (χ1n) is 8.03. The van der Waals surface area contributed by atoms with Crippen molar-refractivity contribution in [1.29, 1.82) is 0 Å². The molecule has 3 N–H and O–H groups in total. The summed E-state index contributed by atoms with van der Waals surface area (Å²) in [5.74, 6) is -1.16. The van der Waals surface area contributed by atoms with Gasteiger partial charge in [0.1, 0.15) is 18.0 Å². The molecule has 27 heavy (non-hydrogen) atoms. The predicted octanol–water partition coefficient (Wildman–Crippen LogP) is 2.99. The molecule has 3 rings (SSSR count). The highest BCUT2D eigenvalue weighted by molar-refractivity contribution is 9.10. The van der Waals surface area contributed by atoms with Crippen molar-refractivity contribution in [3.8, 4) is 5.75 Å². The van der Waals surface area contributed by atoms with Gasteiger partial charge < -0.3 is 15.7 Å². The molecule has 0 unspecified atom stereocenters. The number of nitrogens with one attached hydrogen (secondary N) is 2. The number of phenolic OH excluding ortho intramolecular Hbond substituents is 1. The molecule has 1 aliphatic rings. The number of rotatable bonds is 4. The van der Waals surface area contributed by atoms with Crippen molar-refractivity contribution >= 4 is 45.5 Å². The second-order valence-corrected chi connectivity index (χ2v) is 6.86. The van der Waals surface area contributed by atoms with Crippen molar-refractivity contribution in [2.75, 3.05) is 11.9 Å². The number of anilines is 1. The molecule has 2 aromatic rings. The van der Waals surface area contributed by atoms with E-state index in [1.54, 1.807) is 24.3 Å². The van der Waals surface area contributed by atoms with Crippen molar-refractivity contribution in [1.82, 2.24) is 10.2 Å². The molecule has 1 saturated heterocycles. The number of halogens is 1. The summed E-state index contributed by atoms with van der Waals surface area (Å²) in [5, 5.41) is 15.0. The maximum atomic E-state index is 12.5. The van der Waals surface area contributed by atoms with Crippen molar-refractivity contribution in [2.45, 2.75) is 6.92 Å². The molecule has 8 heteroatoms. The molecule has 1 heterocycles. The van der Waals surface area contributed by atoms with E-state index in [1.807, 2.05) is 19.1 Å². The van der Waals surface area contributed by atoms with E-state index in [4.69, 9.17) is 0 Å². The summed E-state index contributed by atoms with van der Waals surface area (Å²) in [7, 11) is 0. The molecule has 0 bridgehead atoms. The maximum absolute atomic E-state index is 12.5. The number of carbonyl (C=O) groups excluding carboxylic acids is 3. The Hall–Kier alpha value is -3.13. The fraction of sp³-hybridized carbons (Fsp3) is 0.105. The third-order valence-electron chi connectivity index (χ3n) is 3.97. The zero-order valence-electron chi connectivity index (χ0n) is 14.3. The molecule has 0 saturated carbocycles. The highest BCUT2D eigenvalue weighted by atomic mass is 79.9. The third kappa shape index (κ3) is 4.17. The lowest BCUT2D eigenvalue weighted by molar-refractivity contribution is -0.127. The van der Waals surface area contributed by atoms with Crippen LogP contribution in [-0.2, 0) is 9.59 Å². The van der Waals surface area contributed by atoms with Crippen LogP contribution in [0.1, 0.15) is 11.1 Å². The van der Waals surface area contributed by atoms with E-state index >= 15 is 0 Å². The number of benzene rings is 2. The summed E-state index contributed by atoms with van der Waals surface area (Å²) < 4.78 is 0.707. The molecule has 0 aliphatic carbocycles. The number of aryl methyl sites for hydroxylation is 1. The molecule has 1 fully saturated rings. The van der Waals surface area contributed by atoms with Gasteiger partial charge in [-0.1, -0.05) is 34.1 Å². The van der Waals surface area contributed by atoms with Crippen LogP contribution in [0.25, 0.3) is 6.08 Å². The van der Waals surface area contributed by atoms with Gasteiger partial charge in [-0.05, 0) is 42.8 Å². The van der Waals surface area contributed by atoms with Crippen LogP contribution in [-0.4, -0.2) is 34.4 Å². The minimum absolute atomic E-state index is 0.0166. The highest BCUT2D eigenvalue weighted by Crippen LogP contribution is 2.25. The van der Waals surface area contributed by atoms with E-state index in [0.29, 0.717) is 15.7 Å². The van der Waals surface area contributed by atoms with Gasteiger partial charge in [0.05, 0.1) is 0 Å². The topological polar surface area (TPSA) is 98.7 Å². The van der Waals surface area contributed by atoms with E-state index in [-0.39, 0.29) is 11.4 Å². The first-order valence-corrected chi connectivity index (χ1v) is 8.83. The lowest BCUT2D eigenvalue weighted by Gasteiger charge is -2.13. The molecule has 0 atom stereocenters. The number of amides is 4. The summed E-state index contributed by atoms with van der Waals surface area (Å²) in [5.41, 5.74) is 1.83. The largest absolute Gasteiger partial charge is 0.507 e. The number of aromatic hydroxyl groups is 1. The monoisotopic (exact) mass is 429 g/mol. The van der Waals surface area contributed by atoms with Gasteiger partial charge in [-0.15, -0.1) is 0 Å². The average Bonchev–Trinajstić information content (AvgIpc) is 2.87. The van der Waals surface area contributed by atoms with E-state index in [0.717, 1.165) is 10.5 Å². The fourth-order valence-corrected chi connectivity index (χ4v) is 2.94. The van der Waals surface area contributed by atoms with Crippen LogP contribution in [0.2, 0.25) is 0 Å². The number of para-hydroxylation sites is 1. The van der Waals surface area contributed by atoms with Crippen molar-refractivity contribution < 1.29 is 19.5 Å². The molecule has 0 spiro atoms. The van der Waals surface area contributed by atoms with Crippen molar-refractivity contribution in [3.05, 3.63) is 63.8 Å². The number of phenols is 1. The van der Waals surface area contributed by atoms with Gasteiger partial charge in [0.2, 0.25) is 5.91 Å². The van der Waals surface area contributed by atoms with Crippen LogP contribution in [0.5, 0.6) is 5.75 Å². The second-order valence-electron chi connectivity index (χ2n) is 5.95. The Morgan fingerprint density at radius 3 is 2.74 bits per heavy atom. The summed E-state index contributed by atoms with van der Waals surface area (Å²) in [4.78, 5) is 37.6. The van der Waals surface area contributed by atoms with E-state index in [9.17, 15) is 19.5 Å². The van der Waals surface area contributed by atoms with E-state index in [1.165, 1.54) is 12.1 Å². The normalized spacial score (nSPS) is 15.2. The lowest BCUT2D eigenvalue weighted by atomic mass is 10.1. The molecular formula is C19H16BrN3O4. The summed E-state index contributed by atoms with van der Waals surface area (Å²) in [6.07, 6.45) is 1.36. The number of imide groups is 1. The van der Waals surface area contributed by atoms with Crippen molar-refractivity contribution in [2.24, 2.45) is 0 Å². The number of carbonyl (C=O) groups is 3. The quantitative estimate of drug-likeness (QED) is 0.513. The van der Waals surface area contributed by atoms with Gasteiger partial charge in [-0.25, -0.2) is 9.69 Å². The molecular weight excluding hydrogens is 414 g/mol. The average molecular weight is 430 g/mol. The number of nitrogens with zero attached hydrogens (tertiary/aromatic N) is 1. The summed E-state index contributed by atoms with van der Waals surface area (Å²) >= 11 is 3.28. The van der Waals surface area contributed by atoms with E-state index < -0.39 is 24.4 Å². The second kappa shape index (κ2) is 7.63. The highest BCUT2D eigenvalue weighted by Gasteiger charge is 2.35. The van der Waals surface area contributed by atoms with Crippen LogP contribution in [0, 0.1) is 6.92 Å². The minimum atomic E-state index is -0.694. The number of hydrogen-bond acceptors (Lipinski definition) is 4. The molecule has 0 radical (unpaired) electrons. The Balaban J connectivity index is 1.74. The molecule has 7 nitrogen and oxygen atoms in total. The Kier molecular flexibility index (Phi) is 5.27. The van der Waals surface area contributed by atoms with Gasteiger partial charge in [-0.2, -0.15) is 0 Å². The van der Waals surface area contributed by atoms with Crippen molar-refractivity contribution in [3.63, 3.8) is 0 Å². The molecule has 2 aromatic carbocycles. The minimum Gasteiger partial charge on any atom is -0.507 e. The van der Waals surface area contributed by atoms with Crippen LogP contribution < -0.4 is 10.6 Å².